The van der Waals surface area contributed by atoms with Crippen molar-refractivity contribution in [3.05, 3.63) is 58.7 Å². The lowest BCUT2D eigenvalue weighted by Gasteiger charge is -2.26. The molecule has 6 nitrogen and oxygen atoms in total. The molecule has 0 unspecified atom stereocenters. The van der Waals surface area contributed by atoms with Gasteiger partial charge in [0.25, 0.3) is 0 Å². The lowest BCUT2D eigenvalue weighted by Crippen LogP contribution is -2.34. The number of fused-ring (bicyclic) bond motifs is 3. The normalized spacial score (nSPS) is 13.9. The number of nitrogens with one attached hydrogen (secondary N) is 1. The second kappa shape index (κ2) is 8.93. The van der Waals surface area contributed by atoms with Crippen LogP contribution in [0.2, 0.25) is 0 Å². The van der Waals surface area contributed by atoms with Gasteiger partial charge in [-0.1, -0.05) is 25.1 Å². The molecule has 1 aliphatic heterocycles. The molecular formula is C23H27N5OS. The van der Waals surface area contributed by atoms with E-state index in [1.165, 1.54) is 16.0 Å². The van der Waals surface area contributed by atoms with Crippen molar-refractivity contribution in [3.8, 4) is 0 Å². The molecule has 0 bridgehead atoms. The van der Waals surface area contributed by atoms with E-state index in [-0.39, 0.29) is 5.91 Å². The first kappa shape index (κ1) is 20.5. The zero-order valence-corrected chi connectivity index (χ0v) is 18.5. The van der Waals surface area contributed by atoms with Crippen LogP contribution in [-0.2, 0) is 24.2 Å². The average molecular weight is 422 g/mol. The Morgan fingerprint density at radius 2 is 2.20 bits per heavy atom. The Morgan fingerprint density at radius 3 is 3.00 bits per heavy atom. The number of rotatable bonds is 6. The minimum Gasteiger partial charge on any atom is -0.340 e. The molecule has 3 heterocycles. The van der Waals surface area contributed by atoms with Gasteiger partial charge < -0.3 is 15.1 Å². The molecule has 0 saturated heterocycles. The lowest BCUT2D eigenvalue weighted by molar-refractivity contribution is -0.126. The third-order valence-corrected chi connectivity index (χ3v) is 6.40. The number of likely N-dealkylation sites (N-methyl/N-ethyl adjacent to an activating group) is 1. The fourth-order valence-corrected chi connectivity index (χ4v) is 4.89. The summed E-state index contributed by atoms with van der Waals surface area (Å²) >= 11 is 1.66. The largest absolute Gasteiger partial charge is 0.340 e. The van der Waals surface area contributed by atoms with Crippen LogP contribution in [-0.4, -0.2) is 52.9 Å². The number of aryl methyl sites for hydroxylation is 1. The minimum atomic E-state index is 0.0702. The van der Waals surface area contributed by atoms with E-state index in [0.717, 1.165) is 41.1 Å². The van der Waals surface area contributed by atoms with E-state index in [1.807, 2.05) is 30.0 Å². The van der Waals surface area contributed by atoms with E-state index in [1.54, 1.807) is 23.7 Å². The highest BCUT2D eigenvalue weighted by Crippen LogP contribution is 2.38. The Labute approximate surface area is 181 Å². The van der Waals surface area contributed by atoms with Gasteiger partial charge in [0.05, 0.1) is 11.9 Å². The summed E-state index contributed by atoms with van der Waals surface area (Å²) < 4.78 is 0. The van der Waals surface area contributed by atoms with Gasteiger partial charge >= 0.3 is 0 Å². The first-order valence-electron chi connectivity index (χ1n) is 10.3. The van der Waals surface area contributed by atoms with Gasteiger partial charge in [0.1, 0.15) is 17.0 Å². The van der Waals surface area contributed by atoms with Crippen molar-refractivity contribution in [3.63, 3.8) is 0 Å². The molecule has 156 valence electrons. The summed E-state index contributed by atoms with van der Waals surface area (Å²) in [5, 5.41) is 4.58. The molecule has 1 amide bonds. The van der Waals surface area contributed by atoms with Crippen molar-refractivity contribution in [1.82, 2.24) is 19.8 Å². The van der Waals surface area contributed by atoms with Crippen molar-refractivity contribution in [2.45, 2.75) is 26.3 Å². The summed E-state index contributed by atoms with van der Waals surface area (Å²) in [5.41, 5.74) is 3.59. The zero-order chi connectivity index (χ0) is 21.1. The number of aromatic nitrogens is 2. The van der Waals surface area contributed by atoms with Gasteiger partial charge in [-0.05, 0) is 50.2 Å². The third-order valence-electron chi connectivity index (χ3n) is 5.28. The Bertz CT molecular complexity index is 1090. The summed E-state index contributed by atoms with van der Waals surface area (Å²) in [4.78, 5) is 27.7. The van der Waals surface area contributed by atoms with Crippen LogP contribution in [0, 0.1) is 0 Å². The molecule has 0 fully saturated rings. The number of anilines is 2. The fourth-order valence-electron chi connectivity index (χ4n) is 3.69. The Hall–Kier alpha value is -2.77. The molecule has 7 heteroatoms. The molecule has 0 radical (unpaired) electrons. The van der Waals surface area contributed by atoms with Crippen LogP contribution in [0.4, 0.5) is 11.5 Å². The zero-order valence-electron chi connectivity index (χ0n) is 17.7. The van der Waals surface area contributed by atoms with Crippen molar-refractivity contribution >= 4 is 39.0 Å². The molecule has 0 aliphatic carbocycles. The van der Waals surface area contributed by atoms with Gasteiger partial charge in [-0.3, -0.25) is 4.79 Å². The molecule has 0 saturated carbocycles. The summed E-state index contributed by atoms with van der Waals surface area (Å²) in [5.74, 6) is 0.914. The monoisotopic (exact) mass is 421 g/mol. The maximum absolute atomic E-state index is 12.6. The molecule has 0 spiro atoms. The second-order valence-electron chi connectivity index (χ2n) is 7.76. The molecule has 0 atom stereocenters. The van der Waals surface area contributed by atoms with Gasteiger partial charge in [-0.15, -0.1) is 11.3 Å². The molecule has 2 aromatic heterocycles. The van der Waals surface area contributed by atoms with Crippen LogP contribution in [0.5, 0.6) is 0 Å². The van der Waals surface area contributed by atoms with E-state index in [2.05, 4.69) is 46.5 Å². The number of hydrogen-bond acceptors (Lipinski definition) is 6. The van der Waals surface area contributed by atoms with E-state index < -0.39 is 0 Å². The topological polar surface area (TPSA) is 61.4 Å². The molecule has 1 aromatic carbocycles. The summed E-state index contributed by atoms with van der Waals surface area (Å²) in [6, 6.07) is 8.42. The minimum absolute atomic E-state index is 0.0702. The Morgan fingerprint density at radius 1 is 1.33 bits per heavy atom. The molecule has 30 heavy (non-hydrogen) atoms. The maximum atomic E-state index is 12.6. The Kier molecular flexibility index (Phi) is 6.11. The molecule has 1 N–H and O–H groups in total. The number of benzene rings is 1. The van der Waals surface area contributed by atoms with Crippen molar-refractivity contribution in [2.75, 3.05) is 32.5 Å². The van der Waals surface area contributed by atoms with E-state index in [4.69, 9.17) is 0 Å². The molecular weight excluding hydrogens is 394 g/mol. The van der Waals surface area contributed by atoms with Crippen molar-refractivity contribution in [2.24, 2.45) is 0 Å². The summed E-state index contributed by atoms with van der Waals surface area (Å²) in [6.45, 7) is 4.26. The van der Waals surface area contributed by atoms with Gasteiger partial charge in [0.2, 0.25) is 5.91 Å². The second-order valence-corrected chi connectivity index (χ2v) is 8.84. The van der Waals surface area contributed by atoms with Gasteiger partial charge in [-0.25, -0.2) is 9.97 Å². The third kappa shape index (κ3) is 4.37. The van der Waals surface area contributed by atoms with Crippen LogP contribution < -0.4 is 5.32 Å². The van der Waals surface area contributed by atoms with Gasteiger partial charge in [-0.2, -0.15) is 0 Å². The van der Waals surface area contributed by atoms with Crippen LogP contribution in [0.15, 0.2) is 42.7 Å². The highest BCUT2D eigenvalue weighted by molar-refractivity contribution is 7.19. The predicted molar refractivity (Wildman–Crippen MR) is 123 cm³/mol. The predicted octanol–water partition coefficient (Wildman–Crippen LogP) is 4.00. The van der Waals surface area contributed by atoms with Crippen LogP contribution in [0.1, 0.15) is 22.9 Å². The lowest BCUT2D eigenvalue weighted by atomic mass is 10.0. The number of nitrogens with zero attached hydrogens (tertiary/aromatic N) is 4. The maximum Gasteiger partial charge on any atom is 0.246 e. The summed E-state index contributed by atoms with van der Waals surface area (Å²) in [6.07, 6.45) is 7.03. The number of hydrogen-bond donors (Lipinski definition) is 1. The number of carbonyl (C=O) groups excluding carboxylic acids is 1. The van der Waals surface area contributed by atoms with E-state index >= 15 is 0 Å². The highest BCUT2D eigenvalue weighted by atomic mass is 32.1. The van der Waals surface area contributed by atoms with Crippen LogP contribution in [0.25, 0.3) is 10.2 Å². The molecule has 1 aliphatic rings. The Balaban J connectivity index is 1.58. The average Bonchev–Trinajstić information content (AvgIpc) is 3.12. The molecule has 3 aromatic rings. The molecule has 4 rings (SSSR count). The quantitative estimate of drug-likeness (QED) is 0.610. The summed E-state index contributed by atoms with van der Waals surface area (Å²) in [7, 11) is 3.98. The number of carbonyl (C=O) groups is 1. The standard InChI is InChI=1S/C23H27N5OS/c1-4-16-7-5-8-17(13-16)26-22-21-18-10-12-28(20(29)9-6-11-27(2)3)14-19(18)30-23(21)25-15-24-22/h5-9,13,15H,4,10-12,14H2,1-3H3,(H,24,25,26)/b9-6+. The van der Waals surface area contributed by atoms with Gasteiger partial charge in [0, 0.05) is 29.7 Å². The van der Waals surface area contributed by atoms with Gasteiger partial charge in [0.15, 0.2) is 0 Å². The smallest absolute Gasteiger partial charge is 0.246 e. The fraction of sp³-hybridized carbons (Fsp3) is 0.348. The number of thiophene rings is 1. The SMILES string of the molecule is CCc1cccc(Nc2ncnc3sc4c(c23)CCN(C(=O)/C=C/CN(C)C)C4)c1. The van der Waals surface area contributed by atoms with Crippen LogP contribution in [0.3, 0.4) is 0 Å². The number of amides is 1. The highest BCUT2D eigenvalue weighted by Gasteiger charge is 2.25. The first-order chi connectivity index (χ1) is 14.5. The van der Waals surface area contributed by atoms with Crippen molar-refractivity contribution < 1.29 is 4.79 Å². The van der Waals surface area contributed by atoms with E-state index in [9.17, 15) is 4.79 Å². The van der Waals surface area contributed by atoms with Crippen molar-refractivity contribution in [1.29, 1.82) is 0 Å². The van der Waals surface area contributed by atoms with E-state index in [0.29, 0.717) is 13.1 Å². The van der Waals surface area contributed by atoms with Crippen LogP contribution >= 0.6 is 11.3 Å². The first-order valence-corrected chi connectivity index (χ1v) is 11.1.